The monoisotopic (exact) mass is 271 g/mol. The summed E-state index contributed by atoms with van der Waals surface area (Å²) in [6.45, 7) is 9.20. The SMILES string of the molecule is CCN(CC)c1ncc(CNCCCCOC)s1. The number of ether oxygens (including phenoxy) is 1. The predicted octanol–water partition coefficient (Wildman–Crippen LogP) is 2.51. The molecule has 18 heavy (non-hydrogen) atoms. The van der Waals surface area contributed by atoms with Crippen LogP contribution in [-0.2, 0) is 11.3 Å². The lowest BCUT2D eigenvalue weighted by atomic mass is 10.3. The molecule has 0 unspecified atom stereocenters. The number of anilines is 1. The van der Waals surface area contributed by atoms with E-state index in [0.717, 1.165) is 50.8 Å². The van der Waals surface area contributed by atoms with E-state index in [2.05, 4.69) is 29.0 Å². The molecule has 0 radical (unpaired) electrons. The summed E-state index contributed by atoms with van der Waals surface area (Å²) in [5, 5.41) is 4.58. The standard InChI is InChI=1S/C13H25N3OS/c1-4-16(5-2)13-15-11-12(18-13)10-14-8-6-7-9-17-3/h11,14H,4-10H2,1-3H3. The average Bonchev–Trinajstić information content (AvgIpc) is 2.84. The summed E-state index contributed by atoms with van der Waals surface area (Å²) in [6, 6.07) is 0. The van der Waals surface area contributed by atoms with Crippen molar-refractivity contribution < 1.29 is 4.74 Å². The highest BCUT2D eigenvalue weighted by molar-refractivity contribution is 7.15. The molecule has 0 bridgehead atoms. The summed E-state index contributed by atoms with van der Waals surface area (Å²) in [5.74, 6) is 0. The molecule has 1 aromatic rings. The van der Waals surface area contributed by atoms with E-state index in [9.17, 15) is 0 Å². The van der Waals surface area contributed by atoms with Crippen molar-refractivity contribution in [3.63, 3.8) is 0 Å². The third-order valence-corrected chi connectivity index (χ3v) is 3.88. The summed E-state index contributed by atoms with van der Waals surface area (Å²) < 4.78 is 5.02. The Labute approximate surface area is 114 Å². The van der Waals surface area contributed by atoms with Crippen LogP contribution in [0.5, 0.6) is 0 Å². The molecule has 0 aliphatic rings. The van der Waals surface area contributed by atoms with Crippen LogP contribution in [0.3, 0.4) is 0 Å². The fraction of sp³-hybridized carbons (Fsp3) is 0.769. The van der Waals surface area contributed by atoms with E-state index in [1.54, 1.807) is 18.4 Å². The molecule has 1 heterocycles. The first-order valence-electron chi connectivity index (χ1n) is 6.71. The molecule has 0 saturated heterocycles. The van der Waals surface area contributed by atoms with E-state index in [4.69, 9.17) is 4.74 Å². The highest BCUT2D eigenvalue weighted by Crippen LogP contribution is 2.21. The highest BCUT2D eigenvalue weighted by Gasteiger charge is 2.06. The fourth-order valence-corrected chi connectivity index (χ4v) is 2.73. The van der Waals surface area contributed by atoms with Gasteiger partial charge in [-0.25, -0.2) is 4.98 Å². The van der Waals surface area contributed by atoms with Crippen molar-refractivity contribution in [3.8, 4) is 0 Å². The minimum Gasteiger partial charge on any atom is -0.385 e. The van der Waals surface area contributed by atoms with Crippen molar-refractivity contribution in [1.29, 1.82) is 0 Å². The molecule has 1 rings (SSSR count). The molecule has 0 saturated carbocycles. The molecule has 1 aromatic heterocycles. The molecule has 1 N–H and O–H groups in total. The molecule has 0 aliphatic carbocycles. The quantitative estimate of drug-likeness (QED) is 0.664. The molecule has 0 fully saturated rings. The third-order valence-electron chi connectivity index (χ3n) is 2.83. The number of rotatable bonds is 10. The van der Waals surface area contributed by atoms with Gasteiger partial charge >= 0.3 is 0 Å². The van der Waals surface area contributed by atoms with Gasteiger partial charge in [-0.05, 0) is 33.2 Å². The van der Waals surface area contributed by atoms with Crippen molar-refractivity contribution in [2.45, 2.75) is 33.2 Å². The maximum atomic E-state index is 5.02. The molecule has 0 aromatic carbocycles. The lowest BCUT2D eigenvalue weighted by molar-refractivity contribution is 0.192. The van der Waals surface area contributed by atoms with Crippen LogP contribution in [0.15, 0.2) is 6.20 Å². The molecule has 0 spiro atoms. The van der Waals surface area contributed by atoms with Gasteiger partial charge in [-0.3, -0.25) is 0 Å². The van der Waals surface area contributed by atoms with Crippen LogP contribution in [0.4, 0.5) is 5.13 Å². The van der Waals surface area contributed by atoms with Gasteiger partial charge in [-0.2, -0.15) is 0 Å². The van der Waals surface area contributed by atoms with E-state index >= 15 is 0 Å². The Morgan fingerprint density at radius 1 is 1.33 bits per heavy atom. The largest absolute Gasteiger partial charge is 0.385 e. The Morgan fingerprint density at radius 2 is 2.11 bits per heavy atom. The normalized spacial score (nSPS) is 10.8. The Bertz CT molecular complexity index is 313. The lowest BCUT2D eigenvalue weighted by Crippen LogP contribution is -2.21. The van der Waals surface area contributed by atoms with Gasteiger partial charge < -0.3 is 15.0 Å². The van der Waals surface area contributed by atoms with Crippen LogP contribution >= 0.6 is 11.3 Å². The van der Waals surface area contributed by atoms with Crippen molar-refractivity contribution in [2.75, 3.05) is 38.3 Å². The Kier molecular flexibility index (Phi) is 7.96. The molecule has 5 heteroatoms. The number of unbranched alkanes of at least 4 members (excludes halogenated alkanes) is 1. The van der Waals surface area contributed by atoms with Gasteiger partial charge in [0.05, 0.1) is 0 Å². The minimum absolute atomic E-state index is 0.856. The van der Waals surface area contributed by atoms with Gasteiger partial charge in [0.2, 0.25) is 0 Å². The summed E-state index contributed by atoms with van der Waals surface area (Å²) in [5.41, 5.74) is 0. The zero-order valence-electron chi connectivity index (χ0n) is 11.7. The number of nitrogens with one attached hydrogen (secondary N) is 1. The van der Waals surface area contributed by atoms with Crippen LogP contribution in [0.25, 0.3) is 0 Å². The number of aromatic nitrogens is 1. The summed E-state index contributed by atoms with van der Waals surface area (Å²) in [4.78, 5) is 8.06. The molecule has 0 aliphatic heterocycles. The van der Waals surface area contributed by atoms with Crippen molar-refractivity contribution >= 4 is 16.5 Å². The van der Waals surface area contributed by atoms with Crippen molar-refractivity contribution in [1.82, 2.24) is 10.3 Å². The summed E-state index contributed by atoms with van der Waals surface area (Å²) in [7, 11) is 1.75. The Hall–Kier alpha value is -0.650. The maximum absolute atomic E-state index is 5.02. The maximum Gasteiger partial charge on any atom is 0.185 e. The number of nitrogens with zero attached hydrogens (tertiary/aromatic N) is 2. The van der Waals surface area contributed by atoms with Crippen LogP contribution in [0.1, 0.15) is 31.6 Å². The first kappa shape index (κ1) is 15.4. The average molecular weight is 271 g/mol. The van der Waals surface area contributed by atoms with E-state index in [-0.39, 0.29) is 0 Å². The molecule has 104 valence electrons. The van der Waals surface area contributed by atoms with Gasteiger partial charge in [0.1, 0.15) is 0 Å². The van der Waals surface area contributed by atoms with E-state index in [0.29, 0.717) is 0 Å². The smallest absolute Gasteiger partial charge is 0.185 e. The number of hydrogen-bond donors (Lipinski definition) is 1. The molecule has 0 amide bonds. The molecular weight excluding hydrogens is 246 g/mol. The number of methoxy groups -OCH3 is 1. The zero-order chi connectivity index (χ0) is 13.2. The molecule has 4 nitrogen and oxygen atoms in total. The van der Waals surface area contributed by atoms with Gasteiger partial charge in [-0.15, -0.1) is 11.3 Å². The van der Waals surface area contributed by atoms with Gasteiger partial charge in [0.25, 0.3) is 0 Å². The van der Waals surface area contributed by atoms with Gasteiger partial charge in [0.15, 0.2) is 5.13 Å². The van der Waals surface area contributed by atoms with Crippen molar-refractivity contribution in [3.05, 3.63) is 11.1 Å². The van der Waals surface area contributed by atoms with Gasteiger partial charge in [-0.1, -0.05) is 0 Å². The summed E-state index contributed by atoms with van der Waals surface area (Å²) in [6.07, 6.45) is 4.27. The summed E-state index contributed by atoms with van der Waals surface area (Å²) >= 11 is 1.79. The first-order chi connectivity index (χ1) is 8.81. The topological polar surface area (TPSA) is 37.4 Å². The second-order valence-corrected chi connectivity index (χ2v) is 5.25. The van der Waals surface area contributed by atoms with E-state index in [1.807, 2.05) is 6.20 Å². The number of thiazole rings is 1. The predicted molar refractivity (Wildman–Crippen MR) is 78.5 cm³/mol. The van der Waals surface area contributed by atoms with Gasteiger partial charge in [0, 0.05) is 44.4 Å². The highest BCUT2D eigenvalue weighted by atomic mass is 32.1. The van der Waals surface area contributed by atoms with Crippen LogP contribution in [0.2, 0.25) is 0 Å². The minimum atomic E-state index is 0.856. The van der Waals surface area contributed by atoms with E-state index < -0.39 is 0 Å². The molecule has 0 atom stereocenters. The Morgan fingerprint density at radius 3 is 2.78 bits per heavy atom. The first-order valence-corrected chi connectivity index (χ1v) is 7.52. The van der Waals surface area contributed by atoms with Crippen LogP contribution < -0.4 is 10.2 Å². The van der Waals surface area contributed by atoms with Crippen molar-refractivity contribution in [2.24, 2.45) is 0 Å². The fourth-order valence-electron chi connectivity index (χ4n) is 1.73. The molecular formula is C13H25N3OS. The van der Waals surface area contributed by atoms with Crippen LogP contribution in [-0.4, -0.2) is 38.3 Å². The zero-order valence-corrected chi connectivity index (χ0v) is 12.6. The third kappa shape index (κ3) is 5.33. The number of hydrogen-bond acceptors (Lipinski definition) is 5. The van der Waals surface area contributed by atoms with E-state index in [1.165, 1.54) is 4.88 Å². The second kappa shape index (κ2) is 9.30. The Balaban J connectivity index is 2.23. The van der Waals surface area contributed by atoms with Crippen LogP contribution in [0, 0.1) is 0 Å². The second-order valence-electron chi connectivity index (χ2n) is 4.16. The lowest BCUT2D eigenvalue weighted by Gasteiger charge is -2.16.